The van der Waals surface area contributed by atoms with Gasteiger partial charge in [0.1, 0.15) is 11.5 Å². The van der Waals surface area contributed by atoms with Gasteiger partial charge >= 0.3 is 5.97 Å². The van der Waals surface area contributed by atoms with E-state index in [0.29, 0.717) is 17.0 Å². The van der Waals surface area contributed by atoms with E-state index in [2.05, 4.69) is 4.98 Å². The molecule has 0 aliphatic rings. The molecule has 0 saturated heterocycles. The monoisotopic (exact) mass is 444 g/mol. The van der Waals surface area contributed by atoms with Crippen LogP contribution in [-0.2, 0) is 21.3 Å². The summed E-state index contributed by atoms with van der Waals surface area (Å²) in [7, 11) is -2.74. The molecule has 0 saturated carbocycles. The molecular formula is C22H24N2O6S. The molecular weight excluding hydrogens is 420 g/mol. The lowest BCUT2D eigenvalue weighted by atomic mass is 10.1. The summed E-state index contributed by atoms with van der Waals surface area (Å²) in [6.45, 7) is 4.60. The van der Waals surface area contributed by atoms with Gasteiger partial charge in [0.05, 0.1) is 31.4 Å². The first kappa shape index (κ1) is 22.5. The molecule has 8 nitrogen and oxygen atoms in total. The number of aromatic amines is 1. The smallest absolute Gasteiger partial charge is 0.354 e. The fraction of sp³-hybridized carbons (Fsp3) is 0.273. The summed E-state index contributed by atoms with van der Waals surface area (Å²) < 4.78 is 37.8. The number of aryl methyl sites for hydroxylation is 2. The van der Waals surface area contributed by atoms with E-state index in [-0.39, 0.29) is 22.7 Å². The van der Waals surface area contributed by atoms with Crippen molar-refractivity contribution in [3.8, 4) is 0 Å². The number of esters is 1. The fourth-order valence-corrected chi connectivity index (χ4v) is 4.74. The van der Waals surface area contributed by atoms with Gasteiger partial charge in [0, 0.05) is 11.3 Å². The number of nitrogens with one attached hydrogen (secondary N) is 1. The predicted molar refractivity (Wildman–Crippen MR) is 113 cm³/mol. The molecule has 0 radical (unpaired) electrons. The molecule has 164 valence electrons. The number of hydrogen-bond acceptors (Lipinski definition) is 6. The zero-order valence-electron chi connectivity index (χ0n) is 17.8. The lowest BCUT2D eigenvalue weighted by Gasteiger charge is -2.21. The van der Waals surface area contributed by atoms with Crippen LogP contribution in [0.15, 0.2) is 52.0 Å². The Hall–Kier alpha value is -3.17. The molecule has 2 aromatic heterocycles. The third kappa shape index (κ3) is 4.62. The number of sulfonamides is 1. The Morgan fingerprint density at radius 2 is 1.77 bits per heavy atom. The number of aromatic nitrogens is 1. The van der Waals surface area contributed by atoms with E-state index in [4.69, 9.17) is 9.15 Å². The Labute approximate surface area is 180 Å². The summed E-state index contributed by atoms with van der Waals surface area (Å²) in [6, 6.07) is 9.70. The van der Waals surface area contributed by atoms with E-state index in [1.807, 2.05) is 6.92 Å². The summed E-state index contributed by atoms with van der Waals surface area (Å²) in [5.41, 5.74) is 2.24. The molecule has 0 fully saturated rings. The highest BCUT2D eigenvalue weighted by atomic mass is 32.2. The Morgan fingerprint density at radius 1 is 1.10 bits per heavy atom. The van der Waals surface area contributed by atoms with Crippen molar-refractivity contribution in [1.82, 2.24) is 9.29 Å². The lowest BCUT2D eigenvalue weighted by Crippen LogP contribution is -2.35. The minimum absolute atomic E-state index is 0.0789. The van der Waals surface area contributed by atoms with Crippen molar-refractivity contribution in [3.05, 3.63) is 76.5 Å². The van der Waals surface area contributed by atoms with Crippen LogP contribution in [0.5, 0.6) is 0 Å². The zero-order chi connectivity index (χ0) is 22.8. The van der Waals surface area contributed by atoms with Gasteiger partial charge < -0.3 is 14.1 Å². The van der Waals surface area contributed by atoms with Gasteiger partial charge in [-0.2, -0.15) is 4.31 Å². The van der Waals surface area contributed by atoms with Gasteiger partial charge in [0.25, 0.3) is 0 Å². The normalized spacial score (nSPS) is 11.6. The van der Waals surface area contributed by atoms with Crippen LogP contribution in [0.4, 0.5) is 0 Å². The van der Waals surface area contributed by atoms with Crippen molar-refractivity contribution in [2.24, 2.45) is 0 Å². The van der Waals surface area contributed by atoms with Crippen molar-refractivity contribution in [2.45, 2.75) is 32.2 Å². The van der Waals surface area contributed by atoms with E-state index in [9.17, 15) is 18.0 Å². The second kappa shape index (κ2) is 8.91. The molecule has 3 aromatic rings. The number of benzene rings is 1. The number of rotatable bonds is 8. The molecule has 0 spiro atoms. The second-order valence-corrected chi connectivity index (χ2v) is 9.14. The summed E-state index contributed by atoms with van der Waals surface area (Å²) in [4.78, 5) is 28.1. The average Bonchev–Trinajstić information content (AvgIpc) is 3.34. The lowest BCUT2D eigenvalue weighted by molar-refractivity contribution is 0.0593. The molecule has 2 heterocycles. The zero-order valence-corrected chi connectivity index (χ0v) is 18.6. The van der Waals surface area contributed by atoms with Crippen molar-refractivity contribution in [1.29, 1.82) is 0 Å². The Morgan fingerprint density at radius 3 is 2.35 bits per heavy atom. The van der Waals surface area contributed by atoms with Crippen LogP contribution >= 0.6 is 0 Å². The third-order valence-electron chi connectivity index (χ3n) is 5.00. The van der Waals surface area contributed by atoms with Gasteiger partial charge in [-0.15, -0.1) is 0 Å². The summed E-state index contributed by atoms with van der Waals surface area (Å²) in [5.74, 6) is -0.635. The van der Waals surface area contributed by atoms with Gasteiger partial charge in [-0.1, -0.05) is 17.7 Å². The Balaban J connectivity index is 1.98. The van der Waals surface area contributed by atoms with Gasteiger partial charge in [0.15, 0.2) is 5.78 Å². The summed E-state index contributed by atoms with van der Waals surface area (Å²) in [5, 5.41) is 0. The molecule has 0 aliphatic heterocycles. The number of Topliss-reactive ketones (excluding diaryl/α,β-unsaturated/α-hetero) is 1. The number of carbonyl (C=O) groups excluding carboxylic acids is 2. The van der Waals surface area contributed by atoms with Crippen molar-refractivity contribution < 1.29 is 27.2 Å². The number of carbonyl (C=O) groups is 2. The number of ether oxygens (including phenoxy) is 1. The number of furan rings is 1. The van der Waals surface area contributed by atoms with Crippen LogP contribution < -0.4 is 0 Å². The van der Waals surface area contributed by atoms with Gasteiger partial charge in [-0.3, -0.25) is 4.79 Å². The molecule has 9 heteroatoms. The van der Waals surface area contributed by atoms with Crippen LogP contribution in [-0.4, -0.2) is 43.1 Å². The first-order valence-corrected chi connectivity index (χ1v) is 11.0. The molecule has 31 heavy (non-hydrogen) atoms. The second-order valence-electron chi connectivity index (χ2n) is 7.21. The average molecular weight is 445 g/mol. The van der Waals surface area contributed by atoms with Crippen molar-refractivity contribution >= 4 is 21.8 Å². The largest absolute Gasteiger partial charge is 0.468 e. The van der Waals surface area contributed by atoms with Gasteiger partial charge in [-0.25, -0.2) is 13.2 Å². The molecule has 0 bridgehead atoms. The molecule has 0 unspecified atom stereocenters. The Bertz CT molecular complexity index is 1190. The van der Waals surface area contributed by atoms with E-state index >= 15 is 0 Å². The van der Waals surface area contributed by atoms with E-state index < -0.39 is 28.3 Å². The topological polar surface area (TPSA) is 110 Å². The standard InChI is InChI=1S/C22H24N2O6S/c1-14-7-9-18(10-8-14)31(27,28)24(12-17-6-5-11-30-17)13-19(25)20-15(2)21(22(26)29-4)23-16(20)3/h5-11,23H,12-13H2,1-4H3. The highest BCUT2D eigenvalue weighted by Crippen LogP contribution is 2.23. The highest BCUT2D eigenvalue weighted by molar-refractivity contribution is 7.89. The van der Waals surface area contributed by atoms with E-state index in [1.165, 1.54) is 25.5 Å². The van der Waals surface area contributed by atoms with Crippen LogP contribution in [0.1, 0.15) is 43.4 Å². The molecule has 0 atom stereocenters. The highest BCUT2D eigenvalue weighted by Gasteiger charge is 2.30. The van der Waals surface area contributed by atoms with E-state index in [0.717, 1.165) is 9.87 Å². The maximum Gasteiger partial charge on any atom is 0.354 e. The minimum atomic E-state index is -3.99. The number of H-pyrrole nitrogens is 1. The number of nitrogens with zero attached hydrogens (tertiary/aromatic N) is 1. The fourth-order valence-electron chi connectivity index (χ4n) is 3.38. The minimum Gasteiger partial charge on any atom is -0.468 e. The predicted octanol–water partition coefficient (Wildman–Crippen LogP) is 3.39. The molecule has 0 amide bonds. The van der Waals surface area contributed by atoms with Crippen LogP contribution in [0.25, 0.3) is 0 Å². The van der Waals surface area contributed by atoms with Crippen molar-refractivity contribution in [3.63, 3.8) is 0 Å². The SMILES string of the molecule is COC(=O)c1[nH]c(C)c(C(=O)CN(Cc2ccco2)S(=O)(=O)c2ccc(C)cc2)c1C. The van der Waals surface area contributed by atoms with Gasteiger partial charge in [0.2, 0.25) is 10.0 Å². The number of methoxy groups -OCH3 is 1. The van der Waals surface area contributed by atoms with Crippen LogP contribution in [0.2, 0.25) is 0 Å². The molecule has 1 aromatic carbocycles. The van der Waals surface area contributed by atoms with Crippen LogP contribution in [0.3, 0.4) is 0 Å². The Kier molecular flexibility index (Phi) is 6.47. The summed E-state index contributed by atoms with van der Waals surface area (Å²) in [6.07, 6.45) is 1.44. The molecule has 0 aliphatic carbocycles. The number of ketones is 1. The van der Waals surface area contributed by atoms with Gasteiger partial charge in [-0.05, 0) is 50.6 Å². The third-order valence-corrected chi connectivity index (χ3v) is 6.80. The first-order chi connectivity index (χ1) is 14.6. The maximum absolute atomic E-state index is 13.3. The van der Waals surface area contributed by atoms with Crippen LogP contribution in [0, 0.1) is 20.8 Å². The molecule has 1 N–H and O–H groups in total. The summed E-state index contributed by atoms with van der Waals surface area (Å²) >= 11 is 0. The quantitative estimate of drug-likeness (QED) is 0.421. The maximum atomic E-state index is 13.3. The van der Waals surface area contributed by atoms with E-state index in [1.54, 1.807) is 38.1 Å². The number of hydrogen-bond donors (Lipinski definition) is 1. The molecule has 3 rings (SSSR count). The van der Waals surface area contributed by atoms with Crippen molar-refractivity contribution in [2.75, 3.05) is 13.7 Å². The first-order valence-electron chi connectivity index (χ1n) is 9.55.